The molecule has 0 spiro atoms. The molecule has 1 aliphatic heterocycles. The second kappa shape index (κ2) is 4.84. The van der Waals surface area contributed by atoms with Crippen LogP contribution in [0, 0.1) is 13.8 Å². The van der Waals surface area contributed by atoms with Gasteiger partial charge in [0.25, 0.3) is 5.91 Å². The van der Waals surface area contributed by atoms with Gasteiger partial charge < -0.3 is 14.6 Å². The van der Waals surface area contributed by atoms with Gasteiger partial charge >= 0.3 is 5.97 Å². The number of hydrogen-bond acceptors (Lipinski definition) is 3. The van der Waals surface area contributed by atoms with Gasteiger partial charge in [0.1, 0.15) is 5.69 Å². The Bertz CT molecular complexity index is 487. The monoisotopic (exact) mass is 250 g/mol. The summed E-state index contributed by atoms with van der Waals surface area (Å²) < 4.78 is 5.00. The summed E-state index contributed by atoms with van der Waals surface area (Å²) in [6.07, 6.45) is 1.05. The van der Waals surface area contributed by atoms with Crippen molar-refractivity contribution in [2.45, 2.75) is 27.2 Å². The molecule has 2 heterocycles. The molecule has 0 radical (unpaired) electrons. The molecular weight excluding hydrogens is 232 g/mol. The lowest BCUT2D eigenvalue weighted by Gasteiger charge is -2.30. The van der Waals surface area contributed by atoms with E-state index in [1.807, 2.05) is 0 Å². The summed E-state index contributed by atoms with van der Waals surface area (Å²) in [5.74, 6) is -0.399. The van der Waals surface area contributed by atoms with Crippen molar-refractivity contribution in [2.24, 2.45) is 0 Å². The minimum Gasteiger partial charge on any atom is -0.462 e. The van der Waals surface area contributed by atoms with Crippen molar-refractivity contribution in [3.8, 4) is 0 Å². The smallest absolute Gasteiger partial charge is 0.340 e. The molecule has 1 aliphatic rings. The number of rotatable bonds is 3. The van der Waals surface area contributed by atoms with Crippen molar-refractivity contribution in [1.29, 1.82) is 0 Å². The average molecular weight is 250 g/mol. The van der Waals surface area contributed by atoms with Gasteiger partial charge in [0, 0.05) is 18.8 Å². The third-order valence-electron chi connectivity index (χ3n) is 3.27. The number of hydrogen-bond donors (Lipinski definition) is 1. The maximum absolute atomic E-state index is 12.1. The molecule has 1 fully saturated rings. The molecule has 0 saturated carbocycles. The molecule has 98 valence electrons. The Hall–Kier alpha value is -1.78. The standard InChI is InChI=1S/C13H18N2O3/c1-4-18-13(17)10-8(2)11(14-9(10)3)12(16)15-6-5-7-15/h14H,4-7H2,1-3H3. The van der Waals surface area contributed by atoms with Crippen molar-refractivity contribution in [2.75, 3.05) is 19.7 Å². The lowest BCUT2D eigenvalue weighted by Crippen LogP contribution is -2.42. The fraction of sp³-hybridized carbons (Fsp3) is 0.538. The van der Waals surface area contributed by atoms with E-state index < -0.39 is 0 Å². The number of aryl methyl sites for hydroxylation is 1. The summed E-state index contributed by atoms with van der Waals surface area (Å²) in [4.78, 5) is 28.7. The normalized spacial score (nSPS) is 14.3. The van der Waals surface area contributed by atoms with E-state index in [0.717, 1.165) is 19.5 Å². The van der Waals surface area contributed by atoms with Gasteiger partial charge in [-0.05, 0) is 32.8 Å². The molecule has 0 atom stereocenters. The zero-order chi connectivity index (χ0) is 13.3. The lowest BCUT2D eigenvalue weighted by molar-refractivity contribution is 0.0525. The number of aromatic nitrogens is 1. The first-order valence-corrected chi connectivity index (χ1v) is 6.21. The van der Waals surface area contributed by atoms with E-state index in [4.69, 9.17) is 4.74 Å². The number of aromatic amines is 1. The van der Waals surface area contributed by atoms with Crippen molar-refractivity contribution in [3.63, 3.8) is 0 Å². The molecule has 5 heteroatoms. The second-order valence-electron chi connectivity index (χ2n) is 4.49. The largest absolute Gasteiger partial charge is 0.462 e. The number of esters is 1. The van der Waals surface area contributed by atoms with E-state index in [9.17, 15) is 9.59 Å². The summed E-state index contributed by atoms with van der Waals surface area (Å²) in [6.45, 7) is 7.25. The van der Waals surface area contributed by atoms with Crippen LogP contribution in [0.3, 0.4) is 0 Å². The topological polar surface area (TPSA) is 62.4 Å². The number of nitrogens with one attached hydrogen (secondary N) is 1. The van der Waals surface area contributed by atoms with Crippen LogP contribution in [0.2, 0.25) is 0 Å². The molecule has 1 aromatic heterocycles. The molecule has 1 N–H and O–H groups in total. The fourth-order valence-electron chi connectivity index (χ4n) is 2.15. The molecule has 1 amide bonds. The van der Waals surface area contributed by atoms with E-state index in [1.54, 1.807) is 25.7 Å². The first kappa shape index (κ1) is 12.7. The molecule has 0 unspecified atom stereocenters. The van der Waals surface area contributed by atoms with E-state index in [-0.39, 0.29) is 11.9 Å². The van der Waals surface area contributed by atoms with Gasteiger partial charge in [0.2, 0.25) is 0 Å². The highest BCUT2D eigenvalue weighted by molar-refractivity contribution is 6.00. The van der Waals surface area contributed by atoms with Gasteiger partial charge in [0.05, 0.1) is 12.2 Å². The van der Waals surface area contributed by atoms with Crippen LogP contribution in [0.1, 0.15) is 45.4 Å². The van der Waals surface area contributed by atoms with Crippen LogP contribution in [0.4, 0.5) is 0 Å². The molecule has 0 aliphatic carbocycles. The van der Waals surface area contributed by atoms with Gasteiger partial charge in [-0.25, -0.2) is 4.79 Å². The van der Waals surface area contributed by atoms with Crippen LogP contribution < -0.4 is 0 Å². The number of carbonyl (C=O) groups is 2. The van der Waals surface area contributed by atoms with Gasteiger partial charge in [-0.15, -0.1) is 0 Å². The lowest BCUT2D eigenvalue weighted by atomic mass is 10.1. The fourth-order valence-corrected chi connectivity index (χ4v) is 2.15. The summed E-state index contributed by atoms with van der Waals surface area (Å²) in [5.41, 5.74) is 2.37. The molecular formula is C13H18N2O3. The van der Waals surface area contributed by atoms with Crippen LogP contribution in [-0.2, 0) is 4.74 Å². The predicted octanol–water partition coefficient (Wildman–Crippen LogP) is 1.65. The minimum atomic E-state index is -0.369. The highest BCUT2D eigenvalue weighted by Gasteiger charge is 2.28. The molecule has 5 nitrogen and oxygen atoms in total. The maximum Gasteiger partial charge on any atom is 0.340 e. The maximum atomic E-state index is 12.1. The SMILES string of the molecule is CCOC(=O)c1c(C)[nH]c(C(=O)N2CCC2)c1C. The molecule has 18 heavy (non-hydrogen) atoms. The van der Waals surface area contributed by atoms with E-state index in [2.05, 4.69) is 4.98 Å². The summed E-state index contributed by atoms with van der Waals surface area (Å²) in [5, 5.41) is 0. The van der Waals surface area contributed by atoms with E-state index in [1.165, 1.54) is 0 Å². The molecule has 1 aromatic rings. The van der Waals surface area contributed by atoms with E-state index >= 15 is 0 Å². The van der Waals surface area contributed by atoms with Crippen molar-refractivity contribution < 1.29 is 14.3 Å². The third-order valence-corrected chi connectivity index (χ3v) is 3.27. The van der Waals surface area contributed by atoms with Crippen LogP contribution in [0.15, 0.2) is 0 Å². The minimum absolute atomic E-state index is 0.0302. The molecule has 0 aromatic carbocycles. The Kier molecular flexibility index (Phi) is 3.41. The van der Waals surface area contributed by atoms with Crippen LogP contribution >= 0.6 is 0 Å². The zero-order valence-electron chi connectivity index (χ0n) is 11.0. The van der Waals surface area contributed by atoms with Gasteiger partial charge in [0.15, 0.2) is 0 Å². The molecule has 2 rings (SSSR count). The van der Waals surface area contributed by atoms with Gasteiger partial charge in [-0.3, -0.25) is 4.79 Å². The first-order chi connectivity index (χ1) is 8.56. The Morgan fingerprint density at radius 2 is 2.00 bits per heavy atom. The van der Waals surface area contributed by atoms with Crippen LogP contribution in [0.5, 0.6) is 0 Å². The summed E-state index contributed by atoms with van der Waals surface area (Å²) in [7, 11) is 0. The second-order valence-corrected chi connectivity index (χ2v) is 4.49. The number of nitrogens with zero attached hydrogens (tertiary/aromatic N) is 1. The predicted molar refractivity (Wildman–Crippen MR) is 66.7 cm³/mol. The third kappa shape index (κ3) is 2.00. The van der Waals surface area contributed by atoms with Crippen molar-refractivity contribution in [1.82, 2.24) is 9.88 Å². The number of likely N-dealkylation sites (tertiary alicyclic amines) is 1. The Balaban J connectivity index is 2.30. The molecule has 1 saturated heterocycles. The molecule has 0 bridgehead atoms. The summed E-state index contributed by atoms with van der Waals surface area (Å²) >= 11 is 0. The van der Waals surface area contributed by atoms with E-state index in [0.29, 0.717) is 29.1 Å². The number of amides is 1. The Morgan fingerprint density at radius 3 is 2.50 bits per heavy atom. The highest BCUT2D eigenvalue weighted by atomic mass is 16.5. The van der Waals surface area contributed by atoms with Crippen LogP contribution in [-0.4, -0.2) is 41.5 Å². The highest BCUT2D eigenvalue weighted by Crippen LogP contribution is 2.22. The Labute approximate surface area is 106 Å². The van der Waals surface area contributed by atoms with Crippen molar-refractivity contribution in [3.05, 3.63) is 22.5 Å². The number of H-pyrrole nitrogens is 1. The quantitative estimate of drug-likeness (QED) is 0.830. The van der Waals surface area contributed by atoms with Gasteiger partial charge in [-0.2, -0.15) is 0 Å². The average Bonchev–Trinajstić information content (AvgIpc) is 2.52. The van der Waals surface area contributed by atoms with Crippen LogP contribution in [0.25, 0.3) is 0 Å². The number of carbonyl (C=O) groups excluding carboxylic acids is 2. The number of ether oxygens (including phenoxy) is 1. The zero-order valence-corrected chi connectivity index (χ0v) is 11.0. The summed E-state index contributed by atoms with van der Waals surface area (Å²) in [6, 6.07) is 0. The van der Waals surface area contributed by atoms with Crippen molar-refractivity contribution >= 4 is 11.9 Å². The Morgan fingerprint density at radius 1 is 1.33 bits per heavy atom. The first-order valence-electron chi connectivity index (χ1n) is 6.21. The van der Waals surface area contributed by atoms with Gasteiger partial charge in [-0.1, -0.05) is 0 Å².